The second-order valence-electron chi connectivity index (χ2n) is 7.19. The predicted octanol–water partition coefficient (Wildman–Crippen LogP) is 4.55. The zero-order valence-corrected chi connectivity index (χ0v) is 19.1. The first kappa shape index (κ1) is 23.3. The van der Waals surface area contributed by atoms with E-state index >= 15 is 0 Å². The molecular formula is C25H28N2O4S. The van der Waals surface area contributed by atoms with Crippen LogP contribution in [0, 0.1) is 0 Å². The van der Waals surface area contributed by atoms with Crippen LogP contribution >= 0.6 is 0 Å². The largest absolute Gasteiger partial charge is 0.494 e. The first-order valence-electron chi connectivity index (χ1n) is 10.6. The number of rotatable bonds is 10. The highest BCUT2D eigenvalue weighted by Crippen LogP contribution is 2.25. The van der Waals surface area contributed by atoms with Gasteiger partial charge in [-0.2, -0.15) is 0 Å². The molecule has 0 aromatic heterocycles. The van der Waals surface area contributed by atoms with E-state index in [1.807, 2.05) is 44.2 Å². The Balaban J connectivity index is 1.87. The number of carbonyl (C=O) groups excluding carboxylic acids is 1. The number of hydrogen-bond acceptors (Lipinski definition) is 4. The van der Waals surface area contributed by atoms with Crippen molar-refractivity contribution in [2.45, 2.75) is 31.2 Å². The molecule has 0 aliphatic rings. The van der Waals surface area contributed by atoms with Crippen LogP contribution in [0.15, 0.2) is 89.8 Å². The Morgan fingerprint density at radius 1 is 0.906 bits per heavy atom. The van der Waals surface area contributed by atoms with Gasteiger partial charge in [0.05, 0.1) is 23.2 Å². The van der Waals surface area contributed by atoms with Gasteiger partial charge in [0.2, 0.25) is 5.91 Å². The molecule has 0 saturated heterocycles. The van der Waals surface area contributed by atoms with Gasteiger partial charge in [0.25, 0.3) is 10.0 Å². The Morgan fingerprint density at radius 3 is 2.06 bits per heavy atom. The third-order valence-electron chi connectivity index (χ3n) is 5.00. The highest BCUT2D eigenvalue weighted by molar-refractivity contribution is 7.92. The maximum atomic E-state index is 13.5. The molecule has 0 aliphatic carbocycles. The molecule has 3 aromatic carbocycles. The number of amides is 1. The molecule has 0 fully saturated rings. The third-order valence-corrected chi connectivity index (χ3v) is 6.79. The molecule has 0 heterocycles. The van der Waals surface area contributed by atoms with Crippen LogP contribution < -0.4 is 14.4 Å². The summed E-state index contributed by atoms with van der Waals surface area (Å²) < 4.78 is 33.5. The molecule has 32 heavy (non-hydrogen) atoms. The Hall–Kier alpha value is -3.32. The van der Waals surface area contributed by atoms with Crippen molar-refractivity contribution in [1.29, 1.82) is 0 Å². The van der Waals surface area contributed by atoms with Crippen LogP contribution in [0.4, 0.5) is 5.69 Å². The SMILES string of the molecule is CCOc1ccc(S(=O)(=O)N(CC(=O)N[C@@H](CC)c2ccccc2)c2ccccc2)cc1. The number of ether oxygens (including phenoxy) is 1. The van der Waals surface area contributed by atoms with E-state index in [1.54, 1.807) is 42.5 Å². The van der Waals surface area contributed by atoms with Gasteiger partial charge in [0.1, 0.15) is 12.3 Å². The van der Waals surface area contributed by atoms with E-state index in [1.165, 1.54) is 12.1 Å². The highest BCUT2D eigenvalue weighted by atomic mass is 32.2. The molecule has 0 spiro atoms. The van der Waals surface area contributed by atoms with Crippen molar-refractivity contribution < 1.29 is 17.9 Å². The number of para-hydroxylation sites is 1. The van der Waals surface area contributed by atoms with E-state index in [2.05, 4.69) is 5.32 Å². The van der Waals surface area contributed by atoms with Crippen LogP contribution in [0.5, 0.6) is 5.75 Å². The van der Waals surface area contributed by atoms with Crippen molar-refractivity contribution in [3.63, 3.8) is 0 Å². The van der Waals surface area contributed by atoms with Gasteiger partial charge in [-0.15, -0.1) is 0 Å². The van der Waals surface area contributed by atoms with Crippen molar-refractivity contribution in [1.82, 2.24) is 5.32 Å². The lowest BCUT2D eigenvalue weighted by Gasteiger charge is -2.25. The van der Waals surface area contributed by atoms with Gasteiger partial charge in [-0.1, -0.05) is 55.5 Å². The lowest BCUT2D eigenvalue weighted by Crippen LogP contribution is -2.42. The van der Waals surface area contributed by atoms with Crippen molar-refractivity contribution in [3.05, 3.63) is 90.5 Å². The van der Waals surface area contributed by atoms with E-state index in [0.717, 1.165) is 9.87 Å². The average Bonchev–Trinajstić information content (AvgIpc) is 2.82. The molecule has 0 aliphatic heterocycles. The Bertz CT molecular complexity index is 1100. The summed E-state index contributed by atoms with van der Waals surface area (Å²) in [6.45, 7) is 3.99. The van der Waals surface area contributed by atoms with Crippen LogP contribution in [0.1, 0.15) is 31.9 Å². The Morgan fingerprint density at radius 2 is 1.50 bits per heavy atom. The molecule has 1 N–H and O–H groups in total. The van der Waals surface area contributed by atoms with E-state index in [0.29, 0.717) is 24.5 Å². The maximum absolute atomic E-state index is 13.5. The lowest BCUT2D eigenvalue weighted by atomic mass is 10.0. The smallest absolute Gasteiger partial charge is 0.264 e. The lowest BCUT2D eigenvalue weighted by molar-refractivity contribution is -0.120. The topological polar surface area (TPSA) is 75.7 Å². The molecule has 0 unspecified atom stereocenters. The van der Waals surface area contributed by atoms with Gasteiger partial charge in [-0.3, -0.25) is 9.10 Å². The Labute approximate surface area is 189 Å². The fourth-order valence-corrected chi connectivity index (χ4v) is 4.81. The number of carbonyl (C=O) groups is 1. The van der Waals surface area contributed by atoms with Gasteiger partial charge in [-0.25, -0.2) is 8.42 Å². The standard InChI is InChI=1S/C25H28N2O4S/c1-3-24(20-11-7-5-8-12-20)26-25(28)19-27(21-13-9-6-10-14-21)32(29,30)23-17-15-22(16-18-23)31-4-2/h5-18,24H,3-4,19H2,1-2H3,(H,26,28)/t24-/m0/s1. The molecule has 6 nitrogen and oxygen atoms in total. The summed E-state index contributed by atoms with van der Waals surface area (Å²) in [6.07, 6.45) is 0.687. The second kappa shape index (κ2) is 10.8. The van der Waals surface area contributed by atoms with Gasteiger partial charge in [0, 0.05) is 0 Å². The van der Waals surface area contributed by atoms with Crippen LogP contribution in [-0.4, -0.2) is 27.5 Å². The summed E-state index contributed by atoms with van der Waals surface area (Å²) in [5.41, 5.74) is 1.40. The van der Waals surface area contributed by atoms with E-state index in [9.17, 15) is 13.2 Å². The van der Waals surface area contributed by atoms with Gasteiger partial charge >= 0.3 is 0 Å². The van der Waals surface area contributed by atoms with Crippen LogP contribution in [0.25, 0.3) is 0 Å². The summed E-state index contributed by atoms with van der Waals surface area (Å²) in [4.78, 5) is 13.0. The normalized spacial score (nSPS) is 12.1. The van der Waals surface area contributed by atoms with E-state index in [4.69, 9.17) is 4.74 Å². The van der Waals surface area contributed by atoms with Crippen molar-refractivity contribution in [2.75, 3.05) is 17.5 Å². The number of sulfonamides is 1. The molecule has 0 radical (unpaired) electrons. The monoisotopic (exact) mass is 452 g/mol. The molecule has 0 saturated carbocycles. The molecule has 1 atom stereocenters. The maximum Gasteiger partial charge on any atom is 0.264 e. The number of nitrogens with one attached hydrogen (secondary N) is 1. The number of benzene rings is 3. The van der Waals surface area contributed by atoms with E-state index < -0.39 is 10.0 Å². The fraction of sp³-hybridized carbons (Fsp3) is 0.240. The number of anilines is 1. The summed E-state index contributed by atoms with van der Waals surface area (Å²) in [5, 5.41) is 2.97. The predicted molar refractivity (Wildman–Crippen MR) is 126 cm³/mol. The van der Waals surface area contributed by atoms with Crippen LogP contribution in [-0.2, 0) is 14.8 Å². The minimum atomic E-state index is -3.97. The summed E-state index contributed by atoms with van der Waals surface area (Å²) >= 11 is 0. The summed E-state index contributed by atoms with van der Waals surface area (Å²) in [6, 6.07) is 24.3. The molecule has 3 rings (SSSR count). The number of hydrogen-bond donors (Lipinski definition) is 1. The van der Waals surface area contributed by atoms with Crippen molar-refractivity contribution in [3.8, 4) is 5.75 Å². The summed E-state index contributed by atoms with van der Waals surface area (Å²) in [5.74, 6) is 0.211. The van der Waals surface area contributed by atoms with Crippen LogP contribution in [0.2, 0.25) is 0 Å². The van der Waals surface area contributed by atoms with Crippen molar-refractivity contribution in [2.24, 2.45) is 0 Å². The highest BCUT2D eigenvalue weighted by Gasteiger charge is 2.28. The quantitative estimate of drug-likeness (QED) is 0.490. The summed E-state index contributed by atoms with van der Waals surface area (Å²) in [7, 11) is -3.97. The molecule has 0 bridgehead atoms. The molecule has 7 heteroatoms. The molecular weight excluding hydrogens is 424 g/mol. The van der Waals surface area contributed by atoms with Crippen molar-refractivity contribution >= 4 is 21.6 Å². The Kier molecular flexibility index (Phi) is 7.89. The minimum Gasteiger partial charge on any atom is -0.494 e. The molecule has 1 amide bonds. The second-order valence-corrected chi connectivity index (χ2v) is 9.05. The molecule has 3 aromatic rings. The van der Waals surface area contributed by atoms with Crippen LogP contribution in [0.3, 0.4) is 0 Å². The first-order chi connectivity index (χ1) is 15.5. The fourth-order valence-electron chi connectivity index (χ4n) is 3.39. The molecule has 168 valence electrons. The zero-order valence-electron chi connectivity index (χ0n) is 18.3. The first-order valence-corrected chi connectivity index (χ1v) is 12.0. The van der Waals surface area contributed by atoms with Gasteiger partial charge < -0.3 is 10.1 Å². The zero-order chi connectivity index (χ0) is 23.0. The minimum absolute atomic E-state index is 0.0905. The average molecular weight is 453 g/mol. The van der Waals surface area contributed by atoms with Gasteiger partial charge in [-0.05, 0) is 55.3 Å². The number of nitrogens with zero attached hydrogens (tertiary/aromatic N) is 1. The third kappa shape index (κ3) is 5.68. The van der Waals surface area contributed by atoms with E-state index in [-0.39, 0.29) is 23.4 Å². The van der Waals surface area contributed by atoms with Gasteiger partial charge in [0.15, 0.2) is 0 Å².